The Morgan fingerprint density at radius 1 is 1.00 bits per heavy atom. The van der Waals surface area contributed by atoms with Gasteiger partial charge in [0.2, 0.25) is 0 Å². The van der Waals surface area contributed by atoms with Gasteiger partial charge in [0.25, 0.3) is 0 Å². The quantitative estimate of drug-likeness (QED) is 0.530. The van der Waals surface area contributed by atoms with Crippen LogP contribution >= 0.6 is 0 Å². The third-order valence-corrected chi connectivity index (χ3v) is 6.48. The number of hydrogen-bond acceptors (Lipinski definition) is 0. The van der Waals surface area contributed by atoms with Gasteiger partial charge in [-0.3, -0.25) is 0 Å². The van der Waals surface area contributed by atoms with Gasteiger partial charge in [0.05, 0.1) is 0 Å². The highest BCUT2D eigenvalue weighted by molar-refractivity contribution is 6.57. The second-order valence-corrected chi connectivity index (χ2v) is 8.13. The molecule has 0 saturated heterocycles. The average Bonchev–Trinajstić information content (AvgIpc) is 2.07. The van der Waals surface area contributed by atoms with E-state index in [4.69, 9.17) is 0 Å². The summed E-state index contributed by atoms with van der Waals surface area (Å²) in [6.07, 6.45) is 1.48. The zero-order chi connectivity index (χ0) is 8.59. The molecule has 66 valence electrons. The van der Waals surface area contributed by atoms with E-state index >= 15 is 0 Å². The van der Waals surface area contributed by atoms with Gasteiger partial charge in [-0.05, 0) is 29.7 Å². The molecule has 1 fully saturated rings. The van der Waals surface area contributed by atoms with Crippen LogP contribution in [0.3, 0.4) is 0 Å². The summed E-state index contributed by atoms with van der Waals surface area (Å²) in [5, 5.41) is 0. The molecular formula is C10H22Si. The Morgan fingerprint density at radius 3 is 1.73 bits per heavy atom. The van der Waals surface area contributed by atoms with Gasteiger partial charge in [-0.2, -0.15) is 0 Å². The van der Waals surface area contributed by atoms with Crippen molar-refractivity contribution < 1.29 is 0 Å². The van der Waals surface area contributed by atoms with Crippen LogP contribution in [0, 0.1) is 17.8 Å². The zero-order valence-corrected chi connectivity index (χ0v) is 9.75. The predicted molar refractivity (Wildman–Crippen MR) is 54.7 cm³/mol. The largest absolute Gasteiger partial charge is 0.0720 e. The van der Waals surface area contributed by atoms with Crippen LogP contribution in [0.4, 0.5) is 0 Å². The van der Waals surface area contributed by atoms with Crippen molar-refractivity contribution in [1.82, 2.24) is 0 Å². The van der Waals surface area contributed by atoms with Gasteiger partial charge in [0.1, 0.15) is 0 Å². The van der Waals surface area contributed by atoms with Crippen LogP contribution in [0.25, 0.3) is 0 Å². The van der Waals surface area contributed by atoms with Crippen LogP contribution in [0.5, 0.6) is 0 Å². The lowest BCUT2D eigenvalue weighted by molar-refractivity contribution is 0.454. The van der Waals surface area contributed by atoms with E-state index in [-0.39, 0.29) is 8.80 Å². The first kappa shape index (κ1) is 9.31. The van der Waals surface area contributed by atoms with E-state index in [1.54, 1.807) is 0 Å². The summed E-state index contributed by atoms with van der Waals surface area (Å²) < 4.78 is 0. The highest BCUT2D eigenvalue weighted by Crippen LogP contribution is 2.46. The third-order valence-electron chi connectivity index (χ3n) is 3.68. The van der Waals surface area contributed by atoms with E-state index in [0.29, 0.717) is 0 Å². The Bertz CT molecular complexity index is 131. The van der Waals surface area contributed by atoms with Crippen molar-refractivity contribution in [3.63, 3.8) is 0 Å². The van der Waals surface area contributed by atoms with Crippen LogP contribution in [-0.4, -0.2) is 8.80 Å². The van der Waals surface area contributed by atoms with Crippen molar-refractivity contribution in [2.24, 2.45) is 17.8 Å². The Hall–Kier alpha value is 0.217. The second kappa shape index (κ2) is 3.30. The molecule has 1 heteroatoms. The minimum absolute atomic E-state index is 0.377. The van der Waals surface area contributed by atoms with Crippen LogP contribution in [-0.2, 0) is 0 Å². The molecule has 0 amide bonds. The van der Waals surface area contributed by atoms with Crippen LogP contribution in [0.2, 0.25) is 18.6 Å². The molecule has 0 aromatic carbocycles. The minimum Gasteiger partial charge on any atom is -0.0720 e. The summed E-state index contributed by atoms with van der Waals surface area (Å²) in [5.74, 6) is 3.02. The molecule has 0 heterocycles. The first-order valence-electron chi connectivity index (χ1n) is 5.04. The molecule has 1 saturated carbocycles. The molecule has 0 aromatic heterocycles. The van der Waals surface area contributed by atoms with Gasteiger partial charge in [-0.15, -0.1) is 0 Å². The van der Waals surface area contributed by atoms with Crippen LogP contribution in [0.1, 0.15) is 27.2 Å². The lowest BCUT2D eigenvalue weighted by atomic mass is 10.0. The molecule has 1 aliphatic carbocycles. The van der Waals surface area contributed by atoms with E-state index in [0.717, 1.165) is 23.3 Å². The highest BCUT2D eigenvalue weighted by Gasteiger charge is 2.37. The van der Waals surface area contributed by atoms with Crippen LogP contribution < -0.4 is 0 Å². The molecule has 0 N–H and O–H groups in total. The van der Waals surface area contributed by atoms with E-state index in [1.165, 1.54) is 6.42 Å². The van der Waals surface area contributed by atoms with Gasteiger partial charge < -0.3 is 0 Å². The van der Waals surface area contributed by atoms with Gasteiger partial charge >= 0.3 is 0 Å². The predicted octanol–water partition coefficient (Wildman–Crippen LogP) is 3.16. The Labute approximate surface area is 73.0 Å². The molecule has 1 aliphatic rings. The summed E-state index contributed by atoms with van der Waals surface area (Å²) in [4.78, 5) is 0. The second-order valence-electron chi connectivity index (χ2n) is 4.87. The maximum Gasteiger partial charge on any atom is 0.0343 e. The number of rotatable bonds is 1. The minimum atomic E-state index is -0.377. The fraction of sp³-hybridized carbons (Fsp3) is 1.00. The number of hydrogen-bond donors (Lipinski definition) is 0. The summed E-state index contributed by atoms with van der Waals surface area (Å²) in [5.41, 5.74) is 1.12. The van der Waals surface area contributed by atoms with Gasteiger partial charge in [0.15, 0.2) is 0 Å². The molecule has 0 aromatic rings. The Kier molecular flexibility index (Phi) is 2.79. The highest BCUT2D eigenvalue weighted by atomic mass is 28.3. The molecule has 0 aliphatic heterocycles. The lowest BCUT2D eigenvalue weighted by Gasteiger charge is -2.23. The molecule has 0 nitrogen and oxygen atoms in total. The zero-order valence-electron chi connectivity index (χ0n) is 8.59. The average molecular weight is 170 g/mol. The topological polar surface area (TPSA) is 0 Å². The monoisotopic (exact) mass is 170 g/mol. The van der Waals surface area contributed by atoms with Crippen molar-refractivity contribution >= 4 is 8.80 Å². The standard InChI is InChI=1S/C10H22Si/c1-7-6-8(2)10(9(7)3)11(4)5/h7-11H,6H2,1-5H3. The lowest BCUT2D eigenvalue weighted by Crippen LogP contribution is -2.20. The van der Waals surface area contributed by atoms with Crippen molar-refractivity contribution in [2.45, 2.75) is 45.8 Å². The molecular weight excluding hydrogens is 148 g/mol. The smallest absolute Gasteiger partial charge is 0.0343 e. The Morgan fingerprint density at radius 2 is 1.55 bits per heavy atom. The molecule has 4 atom stereocenters. The van der Waals surface area contributed by atoms with E-state index in [1.807, 2.05) is 0 Å². The third kappa shape index (κ3) is 1.69. The van der Waals surface area contributed by atoms with Gasteiger partial charge in [0, 0.05) is 8.80 Å². The first-order chi connectivity index (χ1) is 5.04. The maximum atomic E-state index is 2.51. The first-order valence-corrected chi connectivity index (χ1v) is 8.01. The van der Waals surface area contributed by atoms with E-state index in [2.05, 4.69) is 33.9 Å². The molecule has 4 unspecified atom stereocenters. The van der Waals surface area contributed by atoms with Gasteiger partial charge in [-0.25, -0.2) is 0 Å². The molecule has 0 spiro atoms. The van der Waals surface area contributed by atoms with Crippen molar-refractivity contribution in [1.29, 1.82) is 0 Å². The SMILES string of the molecule is CC1CC(C)C([SiH](C)C)C1C. The van der Waals surface area contributed by atoms with Gasteiger partial charge in [-0.1, -0.05) is 33.9 Å². The molecule has 11 heavy (non-hydrogen) atoms. The summed E-state index contributed by atoms with van der Waals surface area (Å²) in [6, 6.07) is 0. The summed E-state index contributed by atoms with van der Waals surface area (Å²) in [7, 11) is -0.377. The Balaban J connectivity index is 2.63. The summed E-state index contributed by atoms with van der Waals surface area (Å²) >= 11 is 0. The van der Waals surface area contributed by atoms with Crippen molar-refractivity contribution in [3.05, 3.63) is 0 Å². The van der Waals surface area contributed by atoms with E-state index < -0.39 is 0 Å². The maximum absolute atomic E-state index is 2.51. The van der Waals surface area contributed by atoms with Crippen LogP contribution in [0.15, 0.2) is 0 Å². The molecule has 0 radical (unpaired) electrons. The van der Waals surface area contributed by atoms with Crippen molar-refractivity contribution in [3.8, 4) is 0 Å². The van der Waals surface area contributed by atoms with E-state index in [9.17, 15) is 0 Å². The fourth-order valence-corrected chi connectivity index (χ4v) is 6.18. The molecule has 0 bridgehead atoms. The van der Waals surface area contributed by atoms with Crippen molar-refractivity contribution in [2.75, 3.05) is 0 Å². The normalized spacial score (nSPS) is 45.3. The molecule has 1 rings (SSSR count). The fourth-order valence-electron chi connectivity index (χ4n) is 3.12. The summed E-state index contributed by atoms with van der Waals surface area (Å²) in [6.45, 7) is 12.4.